The molecule has 0 aliphatic rings. The average molecular weight is 357 g/mol. The summed E-state index contributed by atoms with van der Waals surface area (Å²) in [7, 11) is 0. The van der Waals surface area contributed by atoms with Crippen LogP contribution >= 0.6 is 0 Å². The second-order valence-electron chi connectivity index (χ2n) is 6.37. The van der Waals surface area contributed by atoms with Gasteiger partial charge in [0.05, 0.1) is 0 Å². The second-order valence-corrected chi connectivity index (χ2v) is 6.37. The van der Waals surface area contributed by atoms with Crippen molar-refractivity contribution in [3.63, 3.8) is 0 Å². The van der Waals surface area contributed by atoms with Crippen molar-refractivity contribution in [3.8, 4) is 0 Å². The van der Waals surface area contributed by atoms with E-state index in [1.165, 1.54) is 32.1 Å². The SMILES string of the molecule is CCCCCCCCCCC(=O)N[C@@H](Cc1ccccc1)C(=O)O.[NaH]. The summed E-state index contributed by atoms with van der Waals surface area (Å²) in [6.45, 7) is 2.21. The monoisotopic (exact) mass is 357 g/mol. The molecule has 0 aliphatic heterocycles. The Morgan fingerprint density at radius 1 is 0.960 bits per heavy atom. The van der Waals surface area contributed by atoms with Crippen LogP contribution in [0.5, 0.6) is 0 Å². The molecule has 0 heterocycles. The minimum atomic E-state index is -0.983. The zero-order valence-electron chi connectivity index (χ0n) is 14.8. The van der Waals surface area contributed by atoms with Crippen molar-refractivity contribution in [2.45, 2.75) is 77.2 Å². The molecule has 0 fully saturated rings. The number of hydrogen-bond acceptors (Lipinski definition) is 2. The number of unbranched alkanes of at least 4 members (excludes halogenated alkanes) is 7. The van der Waals surface area contributed by atoms with E-state index in [0.717, 1.165) is 24.8 Å². The molecule has 1 aromatic rings. The molecule has 0 bridgehead atoms. The molecule has 4 nitrogen and oxygen atoms in total. The number of carbonyl (C=O) groups is 2. The van der Waals surface area contributed by atoms with Crippen molar-refractivity contribution in [2.75, 3.05) is 0 Å². The Labute approximate surface area is 174 Å². The van der Waals surface area contributed by atoms with Gasteiger partial charge in [0.15, 0.2) is 0 Å². The van der Waals surface area contributed by atoms with Crippen LogP contribution in [-0.2, 0) is 16.0 Å². The number of nitrogens with one attached hydrogen (secondary N) is 1. The summed E-state index contributed by atoms with van der Waals surface area (Å²) in [6.07, 6.45) is 10.1. The summed E-state index contributed by atoms with van der Waals surface area (Å²) in [4.78, 5) is 23.3. The number of aliphatic carboxylic acids is 1. The van der Waals surface area contributed by atoms with E-state index in [4.69, 9.17) is 0 Å². The van der Waals surface area contributed by atoms with Crippen LogP contribution in [0.2, 0.25) is 0 Å². The summed E-state index contributed by atoms with van der Waals surface area (Å²) in [5, 5.41) is 11.9. The van der Waals surface area contributed by atoms with Gasteiger partial charge in [-0.15, -0.1) is 0 Å². The minimum absolute atomic E-state index is 0. The van der Waals surface area contributed by atoms with Gasteiger partial charge in [-0.1, -0.05) is 82.2 Å². The molecule has 1 aromatic carbocycles. The first kappa shape index (κ1) is 24.2. The van der Waals surface area contributed by atoms with E-state index in [1.54, 1.807) is 0 Å². The van der Waals surface area contributed by atoms with Crippen molar-refractivity contribution < 1.29 is 14.7 Å². The molecule has 5 heteroatoms. The Hall–Kier alpha value is -0.840. The van der Waals surface area contributed by atoms with E-state index in [2.05, 4.69) is 12.2 Å². The topological polar surface area (TPSA) is 66.4 Å². The normalized spacial score (nSPS) is 11.4. The number of carbonyl (C=O) groups excluding carboxylic acids is 1. The summed E-state index contributed by atoms with van der Waals surface area (Å²) in [6, 6.07) is 8.53. The van der Waals surface area contributed by atoms with Gasteiger partial charge < -0.3 is 10.4 Å². The Balaban J connectivity index is 0.00000576. The standard InChI is InChI=1S/C20H31NO3.Na.H/c1-2-3-4-5-6-7-8-12-15-19(22)21-18(20(23)24)16-17-13-10-9-11-14-17;;/h9-11,13-14,18H,2-8,12,15-16H2,1H3,(H,21,22)(H,23,24);;/t18-;;/m0../s1. The van der Waals surface area contributed by atoms with Gasteiger partial charge in [-0.2, -0.15) is 0 Å². The predicted molar refractivity (Wildman–Crippen MR) is 104 cm³/mol. The van der Waals surface area contributed by atoms with Gasteiger partial charge in [-0.05, 0) is 12.0 Å². The summed E-state index contributed by atoms with van der Waals surface area (Å²) >= 11 is 0. The summed E-state index contributed by atoms with van der Waals surface area (Å²) in [5.41, 5.74) is 0.914. The third-order valence-corrected chi connectivity index (χ3v) is 4.17. The van der Waals surface area contributed by atoms with Crippen LogP contribution < -0.4 is 5.32 Å². The average Bonchev–Trinajstić information content (AvgIpc) is 2.57. The molecule has 0 saturated heterocycles. The van der Waals surface area contributed by atoms with Gasteiger partial charge in [-0.25, -0.2) is 4.79 Å². The third-order valence-electron chi connectivity index (χ3n) is 4.17. The summed E-state index contributed by atoms with van der Waals surface area (Å²) in [5.74, 6) is -1.15. The zero-order chi connectivity index (χ0) is 17.6. The molecule has 0 radical (unpaired) electrons. The Bertz CT molecular complexity index is 479. The molecule has 1 atom stereocenters. The van der Waals surface area contributed by atoms with Crippen molar-refractivity contribution in [1.29, 1.82) is 0 Å². The molecular formula is C20H32NNaO3. The van der Waals surface area contributed by atoms with Crippen LogP contribution in [0, 0.1) is 0 Å². The molecule has 0 aliphatic carbocycles. The molecule has 0 aromatic heterocycles. The first-order valence-electron chi connectivity index (χ1n) is 9.19. The number of benzene rings is 1. The van der Waals surface area contributed by atoms with Crippen LogP contribution in [-0.4, -0.2) is 52.6 Å². The van der Waals surface area contributed by atoms with Gasteiger partial charge in [-0.3, -0.25) is 4.79 Å². The number of hydrogen-bond donors (Lipinski definition) is 2. The molecule has 0 unspecified atom stereocenters. The van der Waals surface area contributed by atoms with E-state index in [1.807, 2.05) is 30.3 Å². The maximum atomic E-state index is 11.9. The van der Waals surface area contributed by atoms with Crippen LogP contribution in [0.3, 0.4) is 0 Å². The summed E-state index contributed by atoms with van der Waals surface area (Å²) < 4.78 is 0. The fourth-order valence-corrected chi connectivity index (χ4v) is 2.74. The molecular weight excluding hydrogens is 325 g/mol. The molecule has 1 rings (SSSR count). The second kappa shape index (κ2) is 15.4. The van der Waals surface area contributed by atoms with Gasteiger partial charge in [0, 0.05) is 12.8 Å². The van der Waals surface area contributed by atoms with Crippen LogP contribution in [0.15, 0.2) is 30.3 Å². The molecule has 25 heavy (non-hydrogen) atoms. The van der Waals surface area contributed by atoms with Gasteiger partial charge in [0.1, 0.15) is 6.04 Å². The van der Waals surface area contributed by atoms with Gasteiger partial charge >= 0.3 is 35.5 Å². The maximum absolute atomic E-state index is 11.9. The van der Waals surface area contributed by atoms with Crippen LogP contribution in [0.4, 0.5) is 0 Å². The van der Waals surface area contributed by atoms with Crippen molar-refractivity contribution >= 4 is 41.4 Å². The molecule has 1 amide bonds. The Morgan fingerprint density at radius 3 is 2.08 bits per heavy atom. The van der Waals surface area contributed by atoms with E-state index < -0.39 is 12.0 Å². The quantitative estimate of drug-likeness (QED) is 0.418. The first-order chi connectivity index (χ1) is 11.6. The molecule has 2 N–H and O–H groups in total. The number of amides is 1. The number of rotatable bonds is 13. The predicted octanol–water partition coefficient (Wildman–Crippen LogP) is 3.68. The first-order valence-corrected chi connectivity index (χ1v) is 9.19. The fraction of sp³-hybridized carbons (Fsp3) is 0.600. The van der Waals surface area contributed by atoms with E-state index >= 15 is 0 Å². The van der Waals surface area contributed by atoms with E-state index in [9.17, 15) is 14.7 Å². The van der Waals surface area contributed by atoms with E-state index in [0.29, 0.717) is 12.8 Å². The Morgan fingerprint density at radius 2 is 1.52 bits per heavy atom. The third kappa shape index (κ3) is 12.2. The Kier molecular flexibility index (Phi) is 14.9. The fourth-order valence-electron chi connectivity index (χ4n) is 2.74. The molecule has 136 valence electrons. The van der Waals surface area contributed by atoms with Gasteiger partial charge in [0.25, 0.3) is 0 Å². The van der Waals surface area contributed by atoms with Crippen molar-refractivity contribution in [2.24, 2.45) is 0 Å². The zero-order valence-corrected chi connectivity index (χ0v) is 14.8. The molecule has 0 saturated carbocycles. The van der Waals surface area contributed by atoms with Gasteiger partial charge in [0.2, 0.25) is 5.91 Å². The molecule has 0 spiro atoms. The number of carboxylic acids is 1. The van der Waals surface area contributed by atoms with Crippen LogP contribution in [0.25, 0.3) is 0 Å². The van der Waals surface area contributed by atoms with Crippen molar-refractivity contribution in [3.05, 3.63) is 35.9 Å². The van der Waals surface area contributed by atoms with Crippen LogP contribution in [0.1, 0.15) is 70.3 Å². The van der Waals surface area contributed by atoms with E-state index in [-0.39, 0.29) is 35.5 Å². The van der Waals surface area contributed by atoms with Crippen molar-refractivity contribution in [1.82, 2.24) is 5.32 Å². The number of carboxylic acid groups (broad SMARTS) is 1.